The van der Waals surface area contributed by atoms with Crippen LogP contribution in [-0.2, 0) is 6.18 Å². The Morgan fingerprint density at radius 1 is 1.33 bits per heavy atom. The lowest BCUT2D eigenvalue weighted by molar-refractivity contribution is -0.141. The largest absolute Gasteiger partial charge is 0.475 e. The van der Waals surface area contributed by atoms with Crippen molar-refractivity contribution in [2.75, 3.05) is 0 Å². The van der Waals surface area contributed by atoms with Crippen LogP contribution in [0.2, 0.25) is 0 Å². The zero-order chi connectivity index (χ0) is 13.3. The van der Waals surface area contributed by atoms with E-state index in [9.17, 15) is 18.0 Å². The van der Waals surface area contributed by atoms with E-state index in [0.29, 0.717) is 0 Å². The number of carboxylic acids is 1. The van der Waals surface area contributed by atoms with Crippen molar-refractivity contribution in [2.45, 2.75) is 6.18 Å². The Balaban J connectivity index is 2.57. The number of carboxylic acid groups (broad SMARTS) is 1. The molecule has 8 heteroatoms. The molecule has 94 valence electrons. The predicted octanol–water partition coefficient (Wildman–Crippen LogP) is 2.45. The van der Waals surface area contributed by atoms with Crippen molar-refractivity contribution in [3.8, 4) is 11.6 Å². The summed E-state index contributed by atoms with van der Waals surface area (Å²) in [5.74, 6) is -3.57. The zero-order valence-electron chi connectivity index (χ0n) is 8.60. The summed E-state index contributed by atoms with van der Waals surface area (Å²) in [6.07, 6.45) is -3.57. The van der Waals surface area contributed by atoms with Crippen LogP contribution in [0.1, 0.15) is 16.2 Å². The minimum absolute atomic E-state index is 0.0236. The number of hydrogen-bond acceptors (Lipinski definition) is 4. The quantitative estimate of drug-likeness (QED) is 0.895. The third-order valence-corrected chi connectivity index (χ3v) is 1.97. The number of rotatable bonds is 2. The minimum Gasteiger partial charge on any atom is -0.475 e. The van der Waals surface area contributed by atoms with Gasteiger partial charge in [-0.25, -0.2) is 9.78 Å². The van der Waals surface area contributed by atoms with Crippen molar-refractivity contribution in [1.29, 1.82) is 0 Å². The monoisotopic (exact) mass is 258 g/mol. The Bertz CT molecular complexity index is 578. The summed E-state index contributed by atoms with van der Waals surface area (Å²) in [4.78, 5) is 17.5. The maximum Gasteiger partial charge on any atom is 0.437 e. The molecule has 0 amide bonds. The third-order valence-electron chi connectivity index (χ3n) is 1.97. The van der Waals surface area contributed by atoms with Crippen molar-refractivity contribution in [1.82, 2.24) is 9.97 Å². The summed E-state index contributed by atoms with van der Waals surface area (Å²) in [5, 5.41) is 8.64. The summed E-state index contributed by atoms with van der Waals surface area (Å²) in [5.41, 5.74) is -1.55. The van der Waals surface area contributed by atoms with Crippen molar-refractivity contribution in [3.63, 3.8) is 0 Å². The minimum atomic E-state index is -4.90. The normalized spacial score (nSPS) is 11.5. The molecule has 2 heterocycles. The molecule has 0 atom stereocenters. The van der Waals surface area contributed by atoms with Crippen molar-refractivity contribution in [2.24, 2.45) is 0 Å². The lowest BCUT2D eigenvalue weighted by atomic mass is 10.3. The highest BCUT2D eigenvalue weighted by atomic mass is 19.4. The fourth-order valence-corrected chi connectivity index (χ4v) is 1.26. The molecule has 0 aliphatic rings. The highest BCUT2D eigenvalue weighted by Crippen LogP contribution is 2.33. The molecule has 2 rings (SSSR count). The van der Waals surface area contributed by atoms with E-state index in [4.69, 9.17) is 5.11 Å². The van der Waals surface area contributed by atoms with Gasteiger partial charge in [-0.1, -0.05) is 6.07 Å². The molecule has 2 aromatic heterocycles. The number of hydrogen-bond donors (Lipinski definition) is 1. The maximum atomic E-state index is 12.5. The first-order valence-corrected chi connectivity index (χ1v) is 4.62. The van der Waals surface area contributed by atoms with Gasteiger partial charge in [0.2, 0.25) is 11.7 Å². The Kier molecular flexibility index (Phi) is 2.77. The highest BCUT2D eigenvalue weighted by Gasteiger charge is 2.41. The molecule has 1 N–H and O–H groups in total. The standard InChI is InChI=1S/C10H5F3N2O3/c11-10(12,13)7-6(9(16)17)18-8(15-7)5-3-1-2-4-14-5/h1-4H,(H,16,17). The highest BCUT2D eigenvalue weighted by molar-refractivity contribution is 5.86. The number of aromatic carboxylic acids is 1. The molecule has 0 saturated carbocycles. The molecule has 0 aromatic carbocycles. The van der Waals surface area contributed by atoms with Crippen LogP contribution >= 0.6 is 0 Å². The summed E-state index contributed by atoms with van der Waals surface area (Å²) < 4.78 is 42.2. The molecule has 5 nitrogen and oxygen atoms in total. The van der Waals surface area contributed by atoms with Gasteiger partial charge in [-0.05, 0) is 12.1 Å². The number of pyridine rings is 1. The first kappa shape index (κ1) is 12.1. The average Bonchev–Trinajstić information content (AvgIpc) is 2.74. The molecule has 0 bridgehead atoms. The van der Waals surface area contributed by atoms with E-state index < -0.39 is 29.5 Å². The Morgan fingerprint density at radius 2 is 2.06 bits per heavy atom. The molecule has 0 aliphatic carbocycles. The van der Waals surface area contributed by atoms with Crippen LogP contribution in [0.4, 0.5) is 13.2 Å². The zero-order valence-corrected chi connectivity index (χ0v) is 8.60. The van der Waals surface area contributed by atoms with E-state index in [1.54, 1.807) is 6.07 Å². The van der Waals surface area contributed by atoms with Gasteiger partial charge in [0.1, 0.15) is 5.69 Å². The Morgan fingerprint density at radius 3 is 2.50 bits per heavy atom. The van der Waals surface area contributed by atoms with Crippen LogP contribution < -0.4 is 0 Å². The first-order chi connectivity index (χ1) is 8.39. The van der Waals surface area contributed by atoms with Gasteiger partial charge in [0, 0.05) is 6.20 Å². The number of halogens is 3. The van der Waals surface area contributed by atoms with Crippen LogP contribution in [0, 0.1) is 0 Å². The van der Waals surface area contributed by atoms with Crippen molar-refractivity contribution in [3.05, 3.63) is 35.9 Å². The topological polar surface area (TPSA) is 76.2 Å². The van der Waals surface area contributed by atoms with Crippen LogP contribution in [-0.4, -0.2) is 21.0 Å². The van der Waals surface area contributed by atoms with Gasteiger partial charge in [0.15, 0.2) is 5.69 Å². The molecule has 18 heavy (non-hydrogen) atoms. The molecule has 0 fully saturated rings. The van der Waals surface area contributed by atoms with Gasteiger partial charge in [0.05, 0.1) is 0 Å². The fraction of sp³-hybridized carbons (Fsp3) is 0.100. The van der Waals surface area contributed by atoms with E-state index in [1.165, 1.54) is 18.3 Å². The van der Waals surface area contributed by atoms with E-state index in [-0.39, 0.29) is 5.69 Å². The lowest BCUT2D eigenvalue weighted by Gasteiger charge is -2.00. The van der Waals surface area contributed by atoms with Crippen LogP contribution in [0.15, 0.2) is 28.8 Å². The molecular weight excluding hydrogens is 253 g/mol. The van der Waals surface area contributed by atoms with Gasteiger partial charge >= 0.3 is 12.1 Å². The second-order valence-corrected chi connectivity index (χ2v) is 3.21. The SMILES string of the molecule is O=C(O)c1oc(-c2ccccn2)nc1C(F)(F)F. The van der Waals surface area contributed by atoms with E-state index in [1.807, 2.05) is 0 Å². The van der Waals surface area contributed by atoms with Gasteiger partial charge in [-0.15, -0.1) is 0 Å². The van der Waals surface area contributed by atoms with Gasteiger partial charge in [-0.2, -0.15) is 13.2 Å². The number of carbonyl (C=O) groups is 1. The Labute approximate surface area is 97.9 Å². The molecule has 2 aromatic rings. The molecule has 0 unspecified atom stereocenters. The average molecular weight is 258 g/mol. The van der Waals surface area contributed by atoms with Crippen LogP contribution in [0.5, 0.6) is 0 Å². The number of nitrogens with zero attached hydrogens (tertiary/aromatic N) is 2. The van der Waals surface area contributed by atoms with Crippen molar-refractivity contribution < 1.29 is 27.5 Å². The molecule has 0 spiro atoms. The third kappa shape index (κ3) is 2.17. The summed E-state index contributed by atoms with van der Waals surface area (Å²) in [6, 6.07) is 4.42. The number of oxazole rings is 1. The molecule has 0 aliphatic heterocycles. The summed E-state index contributed by atoms with van der Waals surface area (Å²) in [7, 11) is 0. The maximum absolute atomic E-state index is 12.5. The second kappa shape index (κ2) is 4.13. The fourth-order valence-electron chi connectivity index (χ4n) is 1.26. The smallest absolute Gasteiger partial charge is 0.437 e. The number of alkyl halides is 3. The Hall–Kier alpha value is -2.38. The van der Waals surface area contributed by atoms with E-state index >= 15 is 0 Å². The van der Waals surface area contributed by atoms with Gasteiger partial charge in [0.25, 0.3) is 0 Å². The second-order valence-electron chi connectivity index (χ2n) is 3.21. The van der Waals surface area contributed by atoms with Gasteiger partial charge < -0.3 is 9.52 Å². The first-order valence-electron chi connectivity index (χ1n) is 4.62. The molecular formula is C10H5F3N2O3. The summed E-state index contributed by atoms with van der Waals surface area (Å²) in [6.45, 7) is 0. The van der Waals surface area contributed by atoms with Crippen molar-refractivity contribution >= 4 is 5.97 Å². The van der Waals surface area contributed by atoms with E-state index in [0.717, 1.165) is 0 Å². The van der Waals surface area contributed by atoms with E-state index in [2.05, 4.69) is 14.4 Å². The predicted molar refractivity (Wildman–Crippen MR) is 51.7 cm³/mol. The number of aromatic nitrogens is 2. The van der Waals surface area contributed by atoms with Crippen LogP contribution in [0.3, 0.4) is 0 Å². The summed E-state index contributed by atoms with van der Waals surface area (Å²) >= 11 is 0. The van der Waals surface area contributed by atoms with Gasteiger partial charge in [-0.3, -0.25) is 4.98 Å². The lowest BCUT2D eigenvalue weighted by Crippen LogP contribution is -2.11. The molecule has 0 radical (unpaired) electrons. The van der Waals surface area contributed by atoms with Crippen LogP contribution in [0.25, 0.3) is 11.6 Å². The molecule has 0 saturated heterocycles.